The number of nitrogens with zero attached hydrogens (tertiary/aromatic N) is 1. The first kappa shape index (κ1) is 11.7. The van der Waals surface area contributed by atoms with E-state index in [9.17, 15) is 4.79 Å². The second-order valence-corrected chi connectivity index (χ2v) is 3.59. The first-order valence-electron chi connectivity index (χ1n) is 5.22. The molecule has 1 atom stereocenters. The smallest absolute Gasteiger partial charge is 0.228 e. The van der Waals surface area contributed by atoms with Gasteiger partial charge in [0.15, 0.2) is 0 Å². The molecule has 0 aliphatic rings. The van der Waals surface area contributed by atoms with E-state index in [-0.39, 0.29) is 11.8 Å². The van der Waals surface area contributed by atoms with Crippen LogP contribution in [0.4, 0.5) is 5.82 Å². The summed E-state index contributed by atoms with van der Waals surface area (Å²) in [6.07, 6.45) is 3.27. The summed E-state index contributed by atoms with van der Waals surface area (Å²) in [5.74, 6) is 0.619. The highest BCUT2D eigenvalue weighted by atomic mass is 16.1. The number of anilines is 1. The molecule has 5 heteroatoms. The molecule has 0 aliphatic carbocycles. The third-order valence-electron chi connectivity index (χ3n) is 2.39. The maximum Gasteiger partial charge on any atom is 0.228 e. The predicted molar refractivity (Wildman–Crippen MR) is 59.4 cm³/mol. The van der Waals surface area contributed by atoms with Gasteiger partial charge in [0.25, 0.3) is 0 Å². The first-order valence-corrected chi connectivity index (χ1v) is 5.22. The maximum atomic E-state index is 11.7. The molecule has 0 aromatic carbocycles. The topological polar surface area (TPSA) is 83.8 Å². The number of hydrogen-bond acceptors (Lipinski definition) is 3. The van der Waals surface area contributed by atoms with Crippen LogP contribution in [0.25, 0.3) is 0 Å². The Labute approximate surface area is 89.4 Å². The van der Waals surface area contributed by atoms with E-state index >= 15 is 0 Å². The highest BCUT2D eigenvalue weighted by Gasteiger charge is 2.14. The highest BCUT2D eigenvalue weighted by molar-refractivity contribution is 5.91. The summed E-state index contributed by atoms with van der Waals surface area (Å²) in [5.41, 5.74) is 6.41. The molecule has 0 bridgehead atoms. The Hall–Kier alpha value is -1.36. The minimum atomic E-state index is -0.0667. The zero-order valence-electron chi connectivity index (χ0n) is 9.21. The Morgan fingerprint density at radius 3 is 3.07 bits per heavy atom. The molecule has 1 rings (SSSR count). The molecule has 4 N–H and O–H groups in total. The Bertz CT molecular complexity index is 321. The standard InChI is InChI=1S/C10H18N4O/c1-3-8-6-12-14-9(8)13-10(15)7(2)4-5-11/h6-7H,3-5,11H2,1-2H3,(H2,12,13,14,15). The number of nitrogens with two attached hydrogens (primary N) is 1. The molecule has 5 nitrogen and oxygen atoms in total. The van der Waals surface area contributed by atoms with Crippen LogP contribution in [0, 0.1) is 5.92 Å². The van der Waals surface area contributed by atoms with Crippen molar-refractivity contribution in [3.8, 4) is 0 Å². The number of nitrogens with one attached hydrogen (secondary N) is 2. The van der Waals surface area contributed by atoms with E-state index in [0.717, 1.165) is 12.0 Å². The fourth-order valence-corrected chi connectivity index (χ4v) is 1.31. The second-order valence-electron chi connectivity index (χ2n) is 3.59. The minimum Gasteiger partial charge on any atom is -0.330 e. The number of carbonyl (C=O) groups is 1. The van der Waals surface area contributed by atoms with Crippen LogP contribution in [0.1, 0.15) is 25.8 Å². The van der Waals surface area contributed by atoms with Crippen LogP contribution in [0.15, 0.2) is 6.20 Å². The lowest BCUT2D eigenvalue weighted by Crippen LogP contribution is -2.23. The molecule has 1 aromatic rings. The van der Waals surface area contributed by atoms with Gasteiger partial charge in [-0.25, -0.2) is 0 Å². The van der Waals surface area contributed by atoms with E-state index in [1.807, 2.05) is 13.8 Å². The van der Waals surface area contributed by atoms with E-state index in [0.29, 0.717) is 18.8 Å². The van der Waals surface area contributed by atoms with Crippen molar-refractivity contribution in [3.05, 3.63) is 11.8 Å². The quantitative estimate of drug-likeness (QED) is 0.675. The summed E-state index contributed by atoms with van der Waals surface area (Å²) in [4.78, 5) is 11.7. The van der Waals surface area contributed by atoms with Gasteiger partial charge in [-0.05, 0) is 19.4 Å². The Balaban J connectivity index is 2.58. The average molecular weight is 210 g/mol. The Morgan fingerprint density at radius 2 is 2.47 bits per heavy atom. The number of amides is 1. The highest BCUT2D eigenvalue weighted by Crippen LogP contribution is 2.13. The van der Waals surface area contributed by atoms with Crippen LogP contribution in [0.3, 0.4) is 0 Å². The van der Waals surface area contributed by atoms with Crippen molar-refractivity contribution in [2.75, 3.05) is 11.9 Å². The molecular weight excluding hydrogens is 192 g/mol. The van der Waals surface area contributed by atoms with E-state index in [1.165, 1.54) is 0 Å². The van der Waals surface area contributed by atoms with Crippen molar-refractivity contribution < 1.29 is 4.79 Å². The van der Waals surface area contributed by atoms with Crippen LogP contribution in [-0.2, 0) is 11.2 Å². The van der Waals surface area contributed by atoms with Crippen LogP contribution in [0.2, 0.25) is 0 Å². The summed E-state index contributed by atoms with van der Waals surface area (Å²) < 4.78 is 0. The van der Waals surface area contributed by atoms with Crippen LogP contribution in [-0.4, -0.2) is 22.6 Å². The van der Waals surface area contributed by atoms with Crippen LogP contribution in [0.5, 0.6) is 0 Å². The fraction of sp³-hybridized carbons (Fsp3) is 0.600. The van der Waals surface area contributed by atoms with Crippen molar-refractivity contribution in [3.63, 3.8) is 0 Å². The molecule has 1 aromatic heterocycles. The zero-order chi connectivity index (χ0) is 11.3. The third-order valence-corrected chi connectivity index (χ3v) is 2.39. The summed E-state index contributed by atoms with van der Waals surface area (Å²) in [5, 5.41) is 9.47. The molecule has 0 aliphatic heterocycles. The normalized spacial score (nSPS) is 12.5. The van der Waals surface area contributed by atoms with Gasteiger partial charge in [0.2, 0.25) is 5.91 Å². The van der Waals surface area contributed by atoms with Gasteiger partial charge in [0, 0.05) is 11.5 Å². The Morgan fingerprint density at radius 1 is 1.73 bits per heavy atom. The Kier molecular flexibility index (Phi) is 4.30. The van der Waals surface area contributed by atoms with Crippen molar-refractivity contribution >= 4 is 11.7 Å². The average Bonchev–Trinajstić information content (AvgIpc) is 2.65. The first-order chi connectivity index (χ1) is 7.19. The molecule has 0 saturated heterocycles. The number of hydrogen-bond donors (Lipinski definition) is 3. The monoisotopic (exact) mass is 210 g/mol. The van der Waals surface area contributed by atoms with Crippen molar-refractivity contribution in [2.24, 2.45) is 11.7 Å². The van der Waals surface area contributed by atoms with Crippen molar-refractivity contribution in [2.45, 2.75) is 26.7 Å². The second kappa shape index (κ2) is 5.50. The van der Waals surface area contributed by atoms with Crippen LogP contribution < -0.4 is 11.1 Å². The molecule has 1 unspecified atom stereocenters. The van der Waals surface area contributed by atoms with Gasteiger partial charge in [0.1, 0.15) is 5.82 Å². The lowest BCUT2D eigenvalue weighted by atomic mass is 10.1. The molecular formula is C10H18N4O. The van der Waals surface area contributed by atoms with Crippen molar-refractivity contribution in [1.29, 1.82) is 0 Å². The SMILES string of the molecule is CCc1cn[nH]c1NC(=O)C(C)CCN. The van der Waals surface area contributed by atoms with Gasteiger partial charge >= 0.3 is 0 Å². The van der Waals surface area contributed by atoms with Gasteiger partial charge in [-0.15, -0.1) is 0 Å². The van der Waals surface area contributed by atoms with E-state index < -0.39 is 0 Å². The van der Waals surface area contributed by atoms with Gasteiger partial charge < -0.3 is 11.1 Å². The molecule has 0 fully saturated rings. The number of carbonyl (C=O) groups excluding carboxylic acids is 1. The van der Waals surface area contributed by atoms with E-state index in [4.69, 9.17) is 5.73 Å². The fourth-order valence-electron chi connectivity index (χ4n) is 1.31. The lowest BCUT2D eigenvalue weighted by molar-refractivity contribution is -0.119. The van der Waals surface area contributed by atoms with Crippen LogP contribution >= 0.6 is 0 Å². The number of aromatic nitrogens is 2. The van der Waals surface area contributed by atoms with Gasteiger partial charge in [0.05, 0.1) is 6.20 Å². The molecule has 84 valence electrons. The molecule has 1 heterocycles. The third kappa shape index (κ3) is 3.06. The number of aryl methyl sites for hydroxylation is 1. The maximum absolute atomic E-state index is 11.7. The molecule has 0 spiro atoms. The van der Waals surface area contributed by atoms with Gasteiger partial charge in [-0.3, -0.25) is 9.89 Å². The summed E-state index contributed by atoms with van der Waals surface area (Å²) in [7, 11) is 0. The van der Waals surface area contributed by atoms with Gasteiger partial charge in [-0.1, -0.05) is 13.8 Å². The minimum absolute atomic E-state index is 0.0144. The number of aromatic amines is 1. The number of H-pyrrole nitrogens is 1. The predicted octanol–water partition coefficient (Wildman–Crippen LogP) is 0.895. The summed E-state index contributed by atoms with van der Waals surface area (Å²) in [6.45, 7) is 4.41. The largest absolute Gasteiger partial charge is 0.330 e. The summed E-state index contributed by atoms with van der Waals surface area (Å²) >= 11 is 0. The van der Waals surface area contributed by atoms with E-state index in [1.54, 1.807) is 6.20 Å². The molecule has 1 amide bonds. The van der Waals surface area contributed by atoms with E-state index in [2.05, 4.69) is 15.5 Å². The molecule has 0 radical (unpaired) electrons. The van der Waals surface area contributed by atoms with Crippen molar-refractivity contribution in [1.82, 2.24) is 10.2 Å². The molecule has 0 saturated carbocycles. The number of rotatable bonds is 5. The lowest BCUT2D eigenvalue weighted by Gasteiger charge is -2.10. The molecule has 15 heavy (non-hydrogen) atoms. The summed E-state index contributed by atoms with van der Waals surface area (Å²) in [6, 6.07) is 0. The zero-order valence-corrected chi connectivity index (χ0v) is 9.21. The van der Waals surface area contributed by atoms with Gasteiger partial charge in [-0.2, -0.15) is 5.10 Å².